The fourth-order valence-corrected chi connectivity index (χ4v) is 5.61. The van der Waals surface area contributed by atoms with Crippen molar-refractivity contribution in [3.05, 3.63) is 58.9 Å². The van der Waals surface area contributed by atoms with E-state index in [1.807, 2.05) is 0 Å². The van der Waals surface area contributed by atoms with Crippen LogP contribution in [-0.4, -0.2) is 42.2 Å². The molecule has 3 aromatic rings. The Bertz CT molecular complexity index is 1400. The maximum absolute atomic E-state index is 15.0. The number of aliphatic carboxylic acids is 1. The number of thiazole rings is 1. The fourth-order valence-electron chi connectivity index (χ4n) is 3.23. The minimum Gasteiger partial charge on any atom is -0.481 e. The lowest BCUT2D eigenvalue weighted by Crippen LogP contribution is -2.20. The van der Waals surface area contributed by atoms with Gasteiger partial charge in [-0.15, -0.1) is 0 Å². The number of sulfone groups is 1. The van der Waals surface area contributed by atoms with Crippen LogP contribution < -0.4 is 10.1 Å². The van der Waals surface area contributed by atoms with E-state index >= 15 is 4.39 Å². The number of ether oxygens (including phenoxy) is 1. The van der Waals surface area contributed by atoms with Crippen molar-refractivity contribution in [2.75, 3.05) is 11.9 Å². The number of anilines is 1. The molecule has 0 radical (unpaired) electrons. The van der Waals surface area contributed by atoms with E-state index in [9.17, 15) is 26.8 Å². The van der Waals surface area contributed by atoms with Crippen molar-refractivity contribution in [2.24, 2.45) is 0 Å². The predicted molar refractivity (Wildman–Crippen MR) is 120 cm³/mol. The van der Waals surface area contributed by atoms with Crippen LogP contribution in [0.25, 0.3) is 11.1 Å². The molecule has 0 bridgehead atoms. The number of hydrogen-bond donors (Lipinski definition) is 2. The molecule has 1 aliphatic carbocycles. The highest BCUT2D eigenvalue weighted by Gasteiger charge is 2.36. The van der Waals surface area contributed by atoms with E-state index in [-0.39, 0.29) is 21.3 Å². The molecule has 4 rings (SSSR count). The molecule has 0 spiro atoms. The number of rotatable bonds is 9. The number of nitrogens with zero attached hydrogens (tertiary/aromatic N) is 1. The van der Waals surface area contributed by atoms with Gasteiger partial charge >= 0.3 is 5.97 Å². The quantitative estimate of drug-likeness (QED) is 0.435. The number of nitrogens with one attached hydrogen (secondary N) is 1. The van der Waals surface area contributed by atoms with Crippen LogP contribution in [0, 0.1) is 16.8 Å². The van der Waals surface area contributed by atoms with Crippen molar-refractivity contribution in [1.29, 1.82) is 0 Å². The molecule has 0 aliphatic heterocycles. The van der Waals surface area contributed by atoms with Gasteiger partial charge in [-0.25, -0.2) is 22.2 Å². The molecule has 35 heavy (non-hydrogen) atoms. The number of aromatic nitrogens is 1. The molecule has 2 aromatic carbocycles. The second kappa shape index (κ2) is 9.66. The van der Waals surface area contributed by atoms with E-state index < -0.39 is 68.1 Å². The van der Waals surface area contributed by atoms with Crippen LogP contribution in [0.1, 0.15) is 18.5 Å². The SMILES string of the molecule is O=C(O)Cc1nc(NC(=O)COc2ccc(F)c(-c3ccc(S(=O)(=O)C4CC4)cc3)c2F)sc1F. The van der Waals surface area contributed by atoms with Crippen LogP contribution >= 0.6 is 11.3 Å². The van der Waals surface area contributed by atoms with Crippen molar-refractivity contribution in [2.45, 2.75) is 29.4 Å². The van der Waals surface area contributed by atoms with Crippen LogP contribution in [0.4, 0.5) is 18.3 Å². The maximum atomic E-state index is 15.0. The average Bonchev–Trinajstić information content (AvgIpc) is 3.59. The third kappa shape index (κ3) is 5.46. The van der Waals surface area contributed by atoms with Gasteiger partial charge in [0.05, 0.1) is 22.1 Å². The number of halogens is 3. The number of carbonyl (C=O) groups excluding carboxylic acids is 1. The number of hydrogen-bond acceptors (Lipinski definition) is 7. The predicted octanol–water partition coefficient (Wildman–Crippen LogP) is 3.81. The summed E-state index contributed by atoms with van der Waals surface area (Å²) in [5.74, 6) is -4.58. The van der Waals surface area contributed by atoms with E-state index in [1.165, 1.54) is 24.3 Å². The van der Waals surface area contributed by atoms with Gasteiger partial charge in [-0.2, -0.15) is 4.39 Å². The van der Waals surface area contributed by atoms with E-state index in [0.29, 0.717) is 24.2 Å². The molecule has 1 saturated carbocycles. The van der Waals surface area contributed by atoms with Gasteiger partial charge in [0.2, 0.25) is 5.13 Å². The number of carbonyl (C=O) groups is 2. The van der Waals surface area contributed by atoms with Gasteiger partial charge in [0, 0.05) is 0 Å². The highest BCUT2D eigenvalue weighted by Crippen LogP contribution is 2.36. The van der Waals surface area contributed by atoms with E-state index in [1.54, 1.807) is 0 Å². The van der Waals surface area contributed by atoms with Crippen LogP contribution in [0.5, 0.6) is 5.75 Å². The molecule has 0 unspecified atom stereocenters. The smallest absolute Gasteiger partial charge is 0.309 e. The highest BCUT2D eigenvalue weighted by atomic mass is 32.2. The first-order chi connectivity index (χ1) is 16.6. The molecule has 0 atom stereocenters. The molecule has 13 heteroatoms. The summed E-state index contributed by atoms with van der Waals surface area (Å²) in [5, 5.41) is 9.44. The first-order valence-corrected chi connectivity index (χ1v) is 12.5. The number of carboxylic acid groups (broad SMARTS) is 1. The Balaban J connectivity index is 1.46. The molecule has 8 nitrogen and oxygen atoms in total. The molecule has 1 amide bonds. The molecule has 2 N–H and O–H groups in total. The first-order valence-electron chi connectivity index (χ1n) is 10.2. The summed E-state index contributed by atoms with van der Waals surface area (Å²) in [5.41, 5.74) is -0.726. The molecule has 1 heterocycles. The standard InChI is InChI=1S/C22H17F3N2O6S2/c23-14-7-8-16(33-10-17(28)27-22-26-15(9-18(29)30)21(25)34-22)20(24)19(14)11-1-3-12(4-2-11)35(31,32)13-5-6-13/h1-4,7-8,13H,5-6,9-10H2,(H,29,30)(H,26,27,28). The highest BCUT2D eigenvalue weighted by molar-refractivity contribution is 7.92. The minimum atomic E-state index is -3.46. The van der Waals surface area contributed by atoms with Gasteiger partial charge in [-0.05, 0) is 42.7 Å². The summed E-state index contributed by atoms with van der Waals surface area (Å²) in [6.07, 6.45) is 0.508. The largest absolute Gasteiger partial charge is 0.481 e. The van der Waals surface area contributed by atoms with Gasteiger partial charge in [-0.1, -0.05) is 23.5 Å². The lowest BCUT2D eigenvalue weighted by atomic mass is 10.0. The Morgan fingerprint density at radius 1 is 1.11 bits per heavy atom. The van der Waals surface area contributed by atoms with Crippen LogP contribution in [0.2, 0.25) is 0 Å². The topological polar surface area (TPSA) is 123 Å². The van der Waals surface area contributed by atoms with Crippen molar-refractivity contribution in [1.82, 2.24) is 4.98 Å². The van der Waals surface area contributed by atoms with E-state index in [2.05, 4.69) is 10.3 Å². The molecule has 1 aromatic heterocycles. The van der Waals surface area contributed by atoms with Crippen molar-refractivity contribution in [3.8, 4) is 16.9 Å². The molecular weight excluding hydrogens is 509 g/mol. The Hall–Kier alpha value is -3.45. The lowest BCUT2D eigenvalue weighted by molar-refractivity contribution is -0.136. The van der Waals surface area contributed by atoms with Gasteiger partial charge in [0.25, 0.3) is 5.91 Å². The Labute approximate surface area is 201 Å². The summed E-state index contributed by atoms with van der Waals surface area (Å²) in [7, 11) is -3.46. The van der Waals surface area contributed by atoms with E-state index in [0.717, 1.165) is 12.1 Å². The van der Waals surface area contributed by atoms with Crippen LogP contribution in [0.3, 0.4) is 0 Å². The monoisotopic (exact) mass is 526 g/mol. The lowest BCUT2D eigenvalue weighted by Gasteiger charge is -2.12. The zero-order valence-corrected chi connectivity index (χ0v) is 19.4. The number of benzene rings is 2. The molecule has 184 valence electrons. The molecular formula is C22H17F3N2O6S2. The summed E-state index contributed by atoms with van der Waals surface area (Å²) < 4.78 is 72.9. The van der Waals surface area contributed by atoms with E-state index in [4.69, 9.17) is 9.84 Å². The zero-order valence-electron chi connectivity index (χ0n) is 17.8. The van der Waals surface area contributed by atoms with Crippen molar-refractivity contribution in [3.63, 3.8) is 0 Å². The summed E-state index contributed by atoms with van der Waals surface area (Å²) in [6, 6.07) is 7.08. The van der Waals surface area contributed by atoms with Gasteiger partial charge in [0.1, 0.15) is 11.5 Å². The van der Waals surface area contributed by atoms with Crippen molar-refractivity contribution >= 4 is 38.2 Å². The Morgan fingerprint density at radius 3 is 2.43 bits per heavy atom. The third-order valence-corrected chi connectivity index (χ3v) is 8.14. The Morgan fingerprint density at radius 2 is 1.80 bits per heavy atom. The third-order valence-electron chi connectivity index (χ3n) is 5.06. The van der Waals surface area contributed by atoms with Gasteiger partial charge < -0.3 is 9.84 Å². The van der Waals surface area contributed by atoms with Crippen LogP contribution in [0.15, 0.2) is 41.3 Å². The van der Waals surface area contributed by atoms with Gasteiger partial charge in [0.15, 0.2) is 33.1 Å². The fraction of sp³-hybridized carbons (Fsp3) is 0.227. The average molecular weight is 527 g/mol. The zero-order chi connectivity index (χ0) is 25.3. The second-order valence-electron chi connectivity index (χ2n) is 7.65. The summed E-state index contributed by atoms with van der Waals surface area (Å²) >= 11 is 0.424. The first kappa shape index (κ1) is 24.7. The summed E-state index contributed by atoms with van der Waals surface area (Å²) in [6.45, 7) is -0.726. The molecule has 0 saturated heterocycles. The normalized spacial score (nSPS) is 13.5. The minimum absolute atomic E-state index is 0.0683. The molecule has 1 aliphatic rings. The molecule has 1 fully saturated rings. The second-order valence-corrected chi connectivity index (χ2v) is 10.8. The van der Waals surface area contributed by atoms with Gasteiger partial charge in [-0.3, -0.25) is 14.9 Å². The van der Waals surface area contributed by atoms with Crippen LogP contribution in [-0.2, 0) is 25.8 Å². The maximum Gasteiger partial charge on any atom is 0.309 e. The summed E-state index contributed by atoms with van der Waals surface area (Å²) in [4.78, 5) is 26.5. The number of amides is 1. The van der Waals surface area contributed by atoms with Crippen molar-refractivity contribution < 1.29 is 41.0 Å². The number of carboxylic acids is 1. The Kier molecular flexibility index (Phi) is 6.81.